The minimum absolute atomic E-state index is 0. The van der Waals surface area contributed by atoms with Gasteiger partial charge in [-0.15, -0.1) is 12.4 Å². The van der Waals surface area contributed by atoms with E-state index in [2.05, 4.69) is 20.8 Å². The average molecular weight is 341 g/mol. The van der Waals surface area contributed by atoms with Crippen molar-refractivity contribution in [1.82, 2.24) is 15.5 Å². The van der Waals surface area contributed by atoms with Crippen molar-refractivity contribution >= 4 is 24.0 Å². The number of carbonyl (C=O) groups is 1. The number of nitrogens with one attached hydrogen (secondary N) is 2. The summed E-state index contributed by atoms with van der Waals surface area (Å²) in [5.41, 5.74) is 1.82. The quantitative estimate of drug-likeness (QED) is 0.764. The van der Waals surface area contributed by atoms with Crippen molar-refractivity contribution in [2.45, 2.75) is 27.0 Å². The number of carbonyl (C=O) groups excluding carboxylic acids is 1. The van der Waals surface area contributed by atoms with Gasteiger partial charge in [0.15, 0.2) is 5.82 Å². The van der Waals surface area contributed by atoms with Crippen LogP contribution in [0, 0.1) is 6.92 Å². The predicted molar refractivity (Wildman–Crippen MR) is 88.4 cm³/mol. The Labute approximate surface area is 141 Å². The lowest BCUT2D eigenvalue weighted by Gasteiger charge is -2.11. The third-order valence-corrected chi connectivity index (χ3v) is 2.89. The van der Waals surface area contributed by atoms with Crippen molar-refractivity contribution < 1.29 is 14.1 Å². The summed E-state index contributed by atoms with van der Waals surface area (Å²) in [6.07, 6.45) is 0. The van der Waals surface area contributed by atoms with Crippen molar-refractivity contribution in [2.75, 3.05) is 18.5 Å². The van der Waals surface area contributed by atoms with Gasteiger partial charge in [-0.3, -0.25) is 4.79 Å². The molecule has 0 radical (unpaired) electrons. The second-order valence-corrected chi connectivity index (χ2v) is 4.71. The van der Waals surface area contributed by atoms with E-state index >= 15 is 0 Å². The molecule has 0 spiro atoms. The van der Waals surface area contributed by atoms with E-state index in [1.165, 1.54) is 0 Å². The Kier molecular flexibility index (Phi) is 8.25. The number of rotatable bonds is 8. The van der Waals surface area contributed by atoms with Crippen LogP contribution in [0.25, 0.3) is 0 Å². The smallest absolute Gasteiger partial charge is 0.252 e. The number of aryl methyl sites for hydroxylation is 1. The molecule has 0 saturated carbocycles. The van der Waals surface area contributed by atoms with E-state index in [0.717, 1.165) is 17.8 Å². The number of aromatic nitrogens is 2. The van der Waals surface area contributed by atoms with Crippen molar-refractivity contribution in [3.05, 3.63) is 41.5 Å². The molecule has 2 aromatic rings. The van der Waals surface area contributed by atoms with Crippen LogP contribution in [0.15, 0.2) is 28.8 Å². The number of hydrogen-bond acceptors (Lipinski definition) is 6. The minimum Gasteiger partial charge on any atom is -0.362 e. The number of benzene rings is 1. The van der Waals surface area contributed by atoms with Crippen LogP contribution in [0.1, 0.15) is 24.2 Å². The van der Waals surface area contributed by atoms with Gasteiger partial charge in [-0.1, -0.05) is 30.3 Å². The van der Waals surface area contributed by atoms with E-state index in [1.54, 1.807) is 6.92 Å². The molecule has 0 aliphatic rings. The zero-order valence-electron chi connectivity index (χ0n) is 13.2. The fourth-order valence-corrected chi connectivity index (χ4v) is 1.87. The fraction of sp³-hybridized carbons (Fsp3) is 0.400. The molecule has 1 aromatic heterocycles. The van der Waals surface area contributed by atoms with Crippen LogP contribution in [0.3, 0.4) is 0 Å². The Morgan fingerprint density at radius 3 is 2.83 bits per heavy atom. The Balaban J connectivity index is 0.00000264. The molecule has 23 heavy (non-hydrogen) atoms. The highest BCUT2D eigenvalue weighted by Crippen LogP contribution is 2.14. The molecule has 1 heterocycles. The van der Waals surface area contributed by atoms with Crippen LogP contribution in [0.5, 0.6) is 0 Å². The number of ether oxygens (including phenoxy) is 1. The number of anilines is 1. The van der Waals surface area contributed by atoms with Gasteiger partial charge in [-0.25, -0.2) is 0 Å². The van der Waals surface area contributed by atoms with E-state index in [0.29, 0.717) is 18.3 Å². The average Bonchev–Trinajstić information content (AvgIpc) is 2.92. The van der Waals surface area contributed by atoms with Gasteiger partial charge < -0.3 is 19.9 Å². The molecule has 0 unspecified atom stereocenters. The molecule has 0 aliphatic carbocycles. The van der Waals surface area contributed by atoms with Crippen LogP contribution in [0.4, 0.5) is 5.69 Å². The molecular weight excluding hydrogens is 320 g/mol. The normalized spacial score (nSPS) is 10.2. The monoisotopic (exact) mass is 340 g/mol. The number of hydrogen-bond donors (Lipinski definition) is 2. The molecular formula is C15H21ClN4O3. The summed E-state index contributed by atoms with van der Waals surface area (Å²) in [5, 5.41) is 9.72. The maximum atomic E-state index is 11.9. The van der Waals surface area contributed by atoms with Gasteiger partial charge in [-0.05, 0) is 25.1 Å². The first-order chi connectivity index (χ1) is 10.7. The largest absolute Gasteiger partial charge is 0.362 e. The van der Waals surface area contributed by atoms with E-state index in [4.69, 9.17) is 9.26 Å². The topological polar surface area (TPSA) is 89.3 Å². The Hall–Kier alpha value is -1.96. The maximum Gasteiger partial charge on any atom is 0.252 e. The zero-order chi connectivity index (χ0) is 15.8. The van der Waals surface area contributed by atoms with E-state index < -0.39 is 0 Å². The van der Waals surface area contributed by atoms with Crippen LogP contribution >= 0.6 is 12.4 Å². The van der Waals surface area contributed by atoms with Crippen LogP contribution in [-0.2, 0) is 22.7 Å². The highest BCUT2D eigenvalue weighted by Gasteiger charge is 2.08. The molecule has 0 fully saturated rings. The fourth-order valence-electron chi connectivity index (χ4n) is 1.87. The summed E-state index contributed by atoms with van der Waals surface area (Å²) >= 11 is 0. The summed E-state index contributed by atoms with van der Waals surface area (Å²) in [5.74, 6) is 0.679. The van der Waals surface area contributed by atoms with Gasteiger partial charge in [0, 0.05) is 12.2 Å². The van der Waals surface area contributed by atoms with Gasteiger partial charge in [0.05, 0.1) is 0 Å². The van der Waals surface area contributed by atoms with Gasteiger partial charge >= 0.3 is 0 Å². The van der Waals surface area contributed by atoms with Crippen molar-refractivity contribution in [2.24, 2.45) is 0 Å². The Bertz CT molecular complexity index is 618. The van der Waals surface area contributed by atoms with E-state index in [1.807, 2.05) is 31.2 Å². The number of halogens is 1. The SMILES string of the molecule is CCNCc1ccccc1NC(=O)COCc1nc(C)no1.Cl. The van der Waals surface area contributed by atoms with E-state index in [9.17, 15) is 4.79 Å². The summed E-state index contributed by atoms with van der Waals surface area (Å²) in [4.78, 5) is 15.9. The molecule has 1 amide bonds. The standard InChI is InChI=1S/C15H20N4O3.ClH/c1-3-16-8-12-6-4-5-7-13(12)18-14(20)9-21-10-15-17-11(2)19-22-15;/h4-7,16H,3,8-10H2,1-2H3,(H,18,20);1H. The van der Waals surface area contributed by atoms with Gasteiger partial charge in [0.25, 0.3) is 5.89 Å². The predicted octanol–water partition coefficient (Wildman–Crippen LogP) is 2.06. The maximum absolute atomic E-state index is 11.9. The molecule has 0 bridgehead atoms. The van der Waals surface area contributed by atoms with Crippen molar-refractivity contribution in [3.8, 4) is 0 Å². The van der Waals surface area contributed by atoms with Crippen LogP contribution in [0.2, 0.25) is 0 Å². The lowest BCUT2D eigenvalue weighted by Crippen LogP contribution is -2.20. The van der Waals surface area contributed by atoms with E-state index in [-0.39, 0.29) is 31.5 Å². The third kappa shape index (κ3) is 6.35. The molecule has 1 aromatic carbocycles. The number of amides is 1. The Morgan fingerprint density at radius 2 is 2.13 bits per heavy atom. The molecule has 126 valence electrons. The Morgan fingerprint density at radius 1 is 1.35 bits per heavy atom. The lowest BCUT2D eigenvalue weighted by atomic mass is 10.1. The second kappa shape index (κ2) is 9.94. The molecule has 8 heteroatoms. The molecule has 0 atom stereocenters. The highest BCUT2D eigenvalue weighted by atomic mass is 35.5. The number of para-hydroxylation sites is 1. The molecule has 0 aliphatic heterocycles. The summed E-state index contributed by atoms with van der Waals surface area (Å²) in [6, 6.07) is 7.66. The first-order valence-electron chi connectivity index (χ1n) is 7.14. The van der Waals surface area contributed by atoms with Crippen molar-refractivity contribution in [3.63, 3.8) is 0 Å². The van der Waals surface area contributed by atoms with Gasteiger partial charge in [0.1, 0.15) is 13.2 Å². The minimum atomic E-state index is -0.222. The highest BCUT2D eigenvalue weighted by molar-refractivity contribution is 5.92. The summed E-state index contributed by atoms with van der Waals surface area (Å²) in [6.45, 7) is 5.38. The van der Waals surface area contributed by atoms with Crippen molar-refractivity contribution in [1.29, 1.82) is 0 Å². The van der Waals surface area contributed by atoms with Crippen LogP contribution < -0.4 is 10.6 Å². The third-order valence-electron chi connectivity index (χ3n) is 2.89. The molecule has 2 N–H and O–H groups in total. The number of nitrogens with zero attached hydrogens (tertiary/aromatic N) is 2. The zero-order valence-corrected chi connectivity index (χ0v) is 14.0. The molecule has 2 rings (SSSR count). The second-order valence-electron chi connectivity index (χ2n) is 4.71. The van der Waals surface area contributed by atoms with Gasteiger partial charge in [-0.2, -0.15) is 4.98 Å². The summed E-state index contributed by atoms with van der Waals surface area (Å²) in [7, 11) is 0. The molecule has 0 saturated heterocycles. The first kappa shape index (κ1) is 19.1. The first-order valence-corrected chi connectivity index (χ1v) is 7.14. The van der Waals surface area contributed by atoms with Crippen LogP contribution in [-0.4, -0.2) is 29.2 Å². The van der Waals surface area contributed by atoms with Gasteiger partial charge in [0.2, 0.25) is 5.91 Å². The summed E-state index contributed by atoms with van der Waals surface area (Å²) < 4.78 is 10.2. The molecule has 7 nitrogen and oxygen atoms in total. The lowest BCUT2D eigenvalue weighted by molar-refractivity contribution is -0.121.